The molecule has 1 aromatic carbocycles. The lowest BCUT2D eigenvalue weighted by Gasteiger charge is -2.32. The van der Waals surface area contributed by atoms with Gasteiger partial charge >= 0.3 is 0 Å². The number of nitrogens with one attached hydrogen (secondary N) is 2. The average molecular weight is 411 g/mol. The van der Waals surface area contributed by atoms with Gasteiger partial charge in [0, 0.05) is 63.6 Å². The monoisotopic (exact) mass is 410 g/mol. The number of aromatic nitrogens is 2. The number of aryl methyl sites for hydroxylation is 1. The van der Waals surface area contributed by atoms with Crippen LogP contribution >= 0.6 is 0 Å². The molecule has 2 aliphatic rings. The molecule has 0 saturated carbocycles. The normalized spacial score (nSPS) is 19.0. The maximum absolute atomic E-state index is 5.41. The van der Waals surface area contributed by atoms with E-state index in [2.05, 4.69) is 55.7 Å². The molecule has 2 saturated heterocycles. The fourth-order valence-electron chi connectivity index (χ4n) is 4.16. The lowest BCUT2D eigenvalue weighted by Crippen LogP contribution is -2.39. The van der Waals surface area contributed by atoms with E-state index in [1.807, 2.05) is 13.0 Å². The van der Waals surface area contributed by atoms with Crippen LogP contribution in [0.3, 0.4) is 0 Å². The summed E-state index contributed by atoms with van der Waals surface area (Å²) in [5, 5.41) is 7.03. The van der Waals surface area contributed by atoms with Gasteiger partial charge in [0.15, 0.2) is 0 Å². The summed E-state index contributed by atoms with van der Waals surface area (Å²) >= 11 is 0. The summed E-state index contributed by atoms with van der Waals surface area (Å²) in [6.07, 6.45) is 2.27. The minimum atomic E-state index is 0.465. The van der Waals surface area contributed by atoms with Crippen LogP contribution in [-0.4, -0.2) is 78.3 Å². The summed E-state index contributed by atoms with van der Waals surface area (Å²) in [7, 11) is 0. The predicted molar refractivity (Wildman–Crippen MR) is 121 cm³/mol. The summed E-state index contributed by atoms with van der Waals surface area (Å²) in [6, 6.07) is 13.2. The molecule has 7 heteroatoms. The second kappa shape index (κ2) is 10.7. The van der Waals surface area contributed by atoms with Crippen molar-refractivity contribution >= 4 is 11.8 Å². The molecule has 162 valence electrons. The van der Waals surface area contributed by atoms with Crippen molar-refractivity contribution in [2.24, 2.45) is 0 Å². The van der Waals surface area contributed by atoms with Gasteiger partial charge in [-0.2, -0.15) is 4.98 Å². The Morgan fingerprint density at radius 3 is 2.53 bits per heavy atom. The standard InChI is InChI=1S/C23H34N6O/c1-19-17-22(27-23(25-19)24-9-12-28-13-15-30-16-14-28)26-21-7-10-29(11-8-21)18-20-5-3-2-4-6-20/h2-6,17,21H,7-16,18H2,1H3,(H2,24,25,26,27). The number of rotatable bonds is 8. The summed E-state index contributed by atoms with van der Waals surface area (Å²) < 4.78 is 5.41. The molecule has 2 N–H and O–H groups in total. The number of hydrogen-bond acceptors (Lipinski definition) is 7. The molecule has 3 heterocycles. The predicted octanol–water partition coefficient (Wildman–Crippen LogP) is 2.61. The number of anilines is 2. The first-order chi connectivity index (χ1) is 14.7. The molecule has 0 atom stereocenters. The molecule has 0 radical (unpaired) electrons. The Bertz CT molecular complexity index is 773. The van der Waals surface area contributed by atoms with Crippen molar-refractivity contribution in [1.82, 2.24) is 19.8 Å². The largest absolute Gasteiger partial charge is 0.379 e. The minimum absolute atomic E-state index is 0.465. The highest BCUT2D eigenvalue weighted by Crippen LogP contribution is 2.18. The molecule has 2 aromatic rings. The highest BCUT2D eigenvalue weighted by atomic mass is 16.5. The fourth-order valence-corrected chi connectivity index (χ4v) is 4.16. The first kappa shape index (κ1) is 21.0. The van der Waals surface area contributed by atoms with Crippen molar-refractivity contribution in [2.45, 2.75) is 32.4 Å². The van der Waals surface area contributed by atoms with Crippen molar-refractivity contribution in [3.63, 3.8) is 0 Å². The van der Waals surface area contributed by atoms with Crippen molar-refractivity contribution < 1.29 is 4.74 Å². The first-order valence-corrected chi connectivity index (χ1v) is 11.2. The highest BCUT2D eigenvalue weighted by Gasteiger charge is 2.20. The number of benzene rings is 1. The zero-order valence-electron chi connectivity index (χ0n) is 18.0. The number of hydrogen-bond donors (Lipinski definition) is 2. The summed E-state index contributed by atoms with van der Waals surface area (Å²) in [4.78, 5) is 14.2. The van der Waals surface area contributed by atoms with E-state index in [0.29, 0.717) is 12.0 Å². The Hall–Kier alpha value is -2.22. The number of ether oxygens (including phenoxy) is 1. The molecule has 0 bridgehead atoms. The number of morpholine rings is 1. The van der Waals surface area contributed by atoms with Gasteiger partial charge in [-0.3, -0.25) is 9.80 Å². The van der Waals surface area contributed by atoms with Gasteiger partial charge in [-0.25, -0.2) is 4.98 Å². The van der Waals surface area contributed by atoms with Crippen molar-refractivity contribution in [2.75, 3.05) is 63.1 Å². The Kier molecular flexibility index (Phi) is 7.50. The first-order valence-electron chi connectivity index (χ1n) is 11.2. The third kappa shape index (κ3) is 6.39. The van der Waals surface area contributed by atoms with Crippen molar-refractivity contribution in [3.05, 3.63) is 47.7 Å². The minimum Gasteiger partial charge on any atom is -0.379 e. The van der Waals surface area contributed by atoms with Gasteiger partial charge in [-0.05, 0) is 25.3 Å². The van der Waals surface area contributed by atoms with Crippen LogP contribution in [0.25, 0.3) is 0 Å². The highest BCUT2D eigenvalue weighted by molar-refractivity contribution is 5.43. The third-order valence-electron chi connectivity index (χ3n) is 5.86. The van der Waals surface area contributed by atoms with Gasteiger partial charge in [0.2, 0.25) is 5.95 Å². The molecular formula is C23H34N6O. The molecule has 7 nitrogen and oxygen atoms in total. The second-order valence-electron chi connectivity index (χ2n) is 8.28. The van der Waals surface area contributed by atoms with Crippen molar-refractivity contribution in [1.29, 1.82) is 0 Å². The van der Waals surface area contributed by atoms with Crippen LogP contribution in [0.4, 0.5) is 11.8 Å². The average Bonchev–Trinajstić information content (AvgIpc) is 2.76. The van der Waals surface area contributed by atoms with E-state index in [-0.39, 0.29) is 0 Å². The molecule has 0 aliphatic carbocycles. The second-order valence-corrected chi connectivity index (χ2v) is 8.28. The van der Waals surface area contributed by atoms with Gasteiger partial charge in [0.05, 0.1) is 13.2 Å². The van der Waals surface area contributed by atoms with E-state index in [4.69, 9.17) is 9.72 Å². The molecule has 0 amide bonds. The zero-order chi connectivity index (χ0) is 20.6. The summed E-state index contributed by atoms with van der Waals surface area (Å²) in [6.45, 7) is 10.8. The van der Waals surface area contributed by atoms with E-state index in [1.165, 1.54) is 5.56 Å². The van der Waals surface area contributed by atoms with E-state index >= 15 is 0 Å². The molecule has 0 unspecified atom stereocenters. The third-order valence-corrected chi connectivity index (χ3v) is 5.86. The maximum Gasteiger partial charge on any atom is 0.224 e. The van der Waals surface area contributed by atoms with E-state index in [0.717, 1.165) is 83.4 Å². The Labute approximate surface area is 179 Å². The molecule has 2 aliphatic heterocycles. The summed E-state index contributed by atoms with van der Waals surface area (Å²) in [5.41, 5.74) is 2.38. The Morgan fingerprint density at radius 1 is 1.00 bits per heavy atom. The van der Waals surface area contributed by atoms with E-state index in [1.54, 1.807) is 0 Å². The maximum atomic E-state index is 5.41. The van der Waals surface area contributed by atoms with Crippen LogP contribution < -0.4 is 10.6 Å². The molecule has 30 heavy (non-hydrogen) atoms. The van der Waals surface area contributed by atoms with Gasteiger partial charge in [-0.1, -0.05) is 30.3 Å². The van der Waals surface area contributed by atoms with Crippen LogP contribution in [0, 0.1) is 6.92 Å². The molecule has 1 aromatic heterocycles. The molecule has 2 fully saturated rings. The SMILES string of the molecule is Cc1cc(NC2CCN(Cc3ccccc3)CC2)nc(NCCN2CCOCC2)n1. The quantitative estimate of drug-likeness (QED) is 0.693. The number of piperidine rings is 1. The van der Waals surface area contributed by atoms with Crippen LogP contribution in [0.1, 0.15) is 24.1 Å². The lowest BCUT2D eigenvalue weighted by molar-refractivity contribution is 0.0398. The molecular weight excluding hydrogens is 376 g/mol. The van der Waals surface area contributed by atoms with Crippen molar-refractivity contribution in [3.8, 4) is 0 Å². The smallest absolute Gasteiger partial charge is 0.224 e. The summed E-state index contributed by atoms with van der Waals surface area (Å²) in [5.74, 6) is 1.64. The Morgan fingerprint density at radius 2 is 1.77 bits per heavy atom. The van der Waals surface area contributed by atoms with Crippen LogP contribution in [0.2, 0.25) is 0 Å². The van der Waals surface area contributed by atoms with E-state index < -0.39 is 0 Å². The topological polar surface area (TPSA) is 65.5 Å². The van der Waals surface area contributed by atoms with E-state index in [9.17, 15) is 0 Å². The van der Waals surface area contributed by atoms with Gasteiger partial charge in [0.1, 0.15) is 5.82 Å². The zero-order valence-corrected chi connectivity index (χ0v) is 18.0. The molecule has 0 spiro atoms. The number of likely N-dealkylation sites (tertiary alicyclic amines) is 1. The van der Waals surface area contributed by atoms with Crippen LogP contribution in [0.15, 0.2) is 36.4 Å². The van der Waals surface area contributed by atoms with Gasteiger partial charge in [0.25, 0.3) is 0 Å². The van der Waals surface area contributed by atoms with Gasteiger partial charge < -0.3 is 15.4 Å². The Balaban J connectivity index is 1.23. The lowest BCUT2D eigenvalue weighted by atomic mass is 10.0. The van der Waals surface area contributed by atoms with Crippen LogP contribution in [0.5, 0.6) is 0 Å². The number of nitrogens with zero attached hydrogens (tertiary/aromatic N) is 4. The van der Waals surface area contributed by atoms with Crippen LogP contribution in [-0.2, 0) is 11.3 Å². The molecule has 4 rings (SSSR count). The van der Waals surface area contributed by atoms with Gasteiger partial charge in [-0.15, -0.1) is 0 Å². The fraction of sp³-hybridized carbons (Fsp3) is 0.565.